The van der Waals surface area contributed by atoms with Gasteiger partial charge in [-0.25, -0.2) is 0 Å². The first-order valence-corrected chi connectivity index (χ1v) is 5.17. The van der Waals surface area contributed by atoms with Gasteiger partial charge in [0.1, 0.15) is 0 Å². The summed E-state index contributed by atoms with van der Waals surface area (Å²) >= 11 is 0. The first kappa shape index (κ1) is 12.4. The topological polar surface area (TPSA) is 106 Å². The molecule has 1 aromatic rings. The predicted octanol–water partition coefficient (Wildman–Crippen LogP) is -0.493. The summed E-state index contributed by atoms with van der Waals surface area (Å²) in [6, 6.07) is 0.354. The zero-order valence-electron chi connectivity index (χ0n) is 9.49. The molecule has 0 radical (unpaired) electrons. The summed E-state index contributed by atoms with van der Waals surface area (Å²) in [7, 11) is 0. The molecule has 0 aliphatic rings. The number of nitrogens with one attached hydrogen (secondary N) is 2. The average molecular weight is 227 g/mol. The Morgan fingerprint density at radius 1 is 1.50 bits per heavy atom. The molecule has 4 N–H and O–H groups in total. The van der Waals surface area contributed by atoms with E-state index in [4.69, 9.17) is 10.2 Å². The smallest absolute Gasteiger partial charge is 0.315 e. The molecule has 16 heavy (non-hydrogen) atoms. The van der Waals surface area contributed by atoms with Crippen LogP contribution in [0.1, 0.15) is 19.7 Å². The van der Waals surface area contributed by atoms with Gasteiger partial charge in [-0.2, -0.15) is 0 Å². The van der Waals surface area contributed by atoms with Crippen molar-refractivity contribution in [1.82, 2.24) is 15.5 Å². The second kappa shape index (κ2) is 6.06. The molecule has 0 unspecified atom stereocenters. The van der Waals surface area contributed by atoms with Gasteiger partial charge in [0.25, 0.3) is 0 Å². The van der Waals surface area contributed by atoms with Gasteiger partial charge in [-0.1, -0.05) is 5.10 Å². The molecule has 1 rings (SSSR count). The molecule has 7 heteroatoms. The number of anilines is 1. The molecule has 0 bridgehead atoms. The molecular weight excluding hydrogens is 210 g/mol. The third kappa shape index (κ3) is 4.26. The van der Waals surface area contributed by atoms with Crippen molar-refractivity contribution in [3.8, 4) is 0 Å². The molecule has 7 nitrogen and oxygen atoms in total. The molecule has 1 amide bonds. The van der Waals surface area contributed by atoms with Crippen molar-refractivity contribution >= 4 is 11.9 Å². The fraction of sp³-hybridized carbons (Fsp3) is 0.667. The molecule has 0 aromatic carbocycles. The van der Waals surface area contributed by atoms with Crippen LogP contribution in [0.2, 0.25) is 0 Å². The van der Waals surface area contributed by atoms with Gasteiger partial charge in [-0.05, 0) is 13.8 Å². The molecule has 0 fully saturated rings. The van der Waals surface area contributed by atoms with Crippen LogP contribution in [-0.4, -0.2) is 35.2 Å². The summed E-state index contributed by atoms with van der Waals surface area (Å²) < 4.78 is 5.19. The maximum absolute atomic E-state index is 11.3. The molecule has 1 heterocycles. The number of carbonyl (C=O) groups is 1. The van der Waals surface area contributed by atoms with E-state index in [2.05, 4.69) is 20.8 Å². The van der Waals surface area contributed by atoms with Crippen LogP contribution in [0.15, 0.2) is 4.42 Å². The summed E-state index contributed by atoms with van der Waals surface area (Å²) in [6.45, 7) is 4.35. The zero-order chi connectivity index (χ0) is 12.0. The van der Waals surface area contributed by atoms with E-state index in [0.29, 0.717) is 18.9 Å². The van der Waals surface area contributed by atoms with Crippen LogP contribution in [0.5, 0.6) is 0 Å². The van der Waals surface area contributed by atoms with Crippen LogP contribution in [-0.2, 0) is 11.2 Å². The highest BCUT2D eigenvalue weighted by atomic mass is 16.4. The van der Waals surface area contributed by atoms with Crippen molar-refractivity contribution in [2.75, 3.05) is 18.4 Å². The van der Waals surface area contributed by atoms with Crippen molar-refractivity contribution in [2.24, 2.45) is 5.73 Å². The van der Waals surface area contributed by atoms with Gasteiger partial charge < -0.3 is 20.8 Å². The normalized spacial score (nSPS) is 10.5. The lowest BCUT2D eigenvalue weighted by molar-refractivity contribution is -0.119. The lowest BCUT2D eigenvalue weighted by atomic mass is 10.4. The lowest BCUT2D eigenvalue weighted by Crippen LogP contribution is -2.34. The minimum atomic E-state index is -0.117. The van der Waals surface area contributed by atoms with E-state index in [1.54, 1.807) is 0 Å². The van der Waals surface area contributed by atoms with Crippen molar-refractivity contribution in [2.45, 2.75) is 26.3 Å². The average Bonchev–Trinajstić information content (AvgIpc) is 2.62. The number of aromatic nitrogens is 2. The van der Waals surface area contributed by atoms with Crippen LogP contribution < -0.4 is 16.4 Å². The second-order valence-electron chi connectivity index (χ2n) is 3.62. The molecule has 1 aromatic heterocycles. The number of carbonyl (C=O) groups excluding carboxylic acids is 1. The van der Waals surface area contributed by atoms with Gasteiger partial charge >= 0.3 is 6.01 Å². The first-order chi connectivity index (χ1) is 7.61. The quantitative estimate of drug-likeness (QED) is 0.605. The van der Waals surface area contributed by atoms with Gasteiger partial charge in [0.05, 0.1) is 6.54 Å². The Bertz CT molecular complexity index is 336. The molecular formula is C9H17N5O2. The molecule has 90 valence electrons. The van der Waals surface area contributed by atoms with Crippen LogP contribution in [0.25, 0.3) is 0 Å². The summed E-state index contributed by atoms with van der Waals surface area (Å²) in [5.41, 5.74) is 5.33. The largest absolute Gasteiger partial charge is 0.408 e. The van der Waals surface area contributed by atoms with Crippen LogP contribution in [0.3, 0.4) is 0 Å². The fourth-order valence-corrected chi connectivity index (χ4v) is 1.08. The Hall–Kier alpha value is -1.63. The van der Waals surface area contributed by atoms with Crippen molar-refractivity contribution < 1.29 is 9.21 Å². The summed E-state index contributed by atoms with van der Waals surface area (Å²) in [5.74, 6) is 0.350. The van der Waals surface area contributed by atoms with Crippen molar-refractivity contribution in [3.05, 3.63) is 5.89 Å². The zero-order valence-corrected chi connectivity index (χ0v) is 9.49. The van der Waals surface area contributed by atoms with Gasteiger partial charge in [0.2, 0.25) is 11.8 Å². The number of amides is 1. The lowest BCUT2D eigenvalue weighted by Gasteiger charge is -2.07. The molecule has 0 saturated carbocycles. The molecule has 0 aliphatic carbocycles. The minimum absolute atomic E-state index is 0.114. The van der Waals surface area contributed by atoms with E-state index in [1.165, 1.54) is 0 Å². The van der Waals surface area contributed by atoms with E-state index in [1.807, 2.05) is 13.8 Å². The Morgan fingerprint density at radius 3 is 2.88 bits per heavy atom. The van der Waals surface area contributed by atoms with Crippen LogP contribution in [0, 0.1) is 0 Å². The van der Waals surface area contributed by atoms with E-state index in [9.17, 15) is 4.79 Å². The highest BCUT2D eigenvalue weighted by Crippen LogP contribution is 2.04. The fourth-order valence-electron chi connectivity index (χ4n) is 1.08. The van der Waals surface area contributed by atoms with E-state index >= 15 is 0 Å². The van der Waals surface area contributed by atoms with Crippen molar-refractivity contribution in [1.29, 1.82) is 0 Å². The SMILES string of the molecule is CC(C)NC(=O)CNc1nnc(CCN)o1. The van der Waals surface area contributed by atoms with Gasteiger partial charge in [0.15, 0.2) is 0 Å². The van der Waals surface area contributed by atoms with Crippen molar-refractivity contribution in [3.63, 3.8) is 0 Å². The molecule has 0 atom stereocenters. The second-order valence-corrected chi connectivity index (χ2v) is 3.62. The monoisotopic (exact) mass is 227 g/mol. The van der Waals surface area contributed by atoms with Crippen LogP contribution >= 0.6 is 0 Å². The Morgan fingerprint density at radius 2 is 2.25 bits per heavy atom. The highest BCUT2D eigenvalue weighted by Gasteiger charge is 2.07. The van der Waals surface area contributed by atoms with Crippen LogP contribution in [0.4, 0.5) is 6.01 Å². The minimum Gasteiger partial charge on any atom is -0.408 e. The maximum atomic E-state index is 11.3. The summed E-state index contributed by atoms with van der Waals surface area (Å²) in [5, 5.41) is 12.9. The molecule has 0 saturated heterocycles. The van der Waals surface area contributed by atoms with E-state index in [0.717, 1.165) is 0 Å². The summed E-state index contributed by atoms with van der Waals surface area (Å²) in [6.07, 6.45) is 0.535. The summed E-state index contributed by atoms with van der Waals surface area (Å²) in [4.78, 5) is 11.3. The third-order valence-corrected chi connectivity index (χ3v) is 1.67. The Kier molecular flexibility index (Phi) is 4.71. The predicted molar refractivity (Wildman–Crippen MR) is 58.8 cm³/mol. The number of hydrogen-bond acceptors (Lipinski definition) is 6. The third-order valence-electron chi connectivity index (χ3n) is 1.67. The Labute approximate surface area is 93.8 Å². The van der Waals surface area contributed by atoms with Gasteiger partial charge in [0, 0.05) is 19.0 Å². The molecule has 0 aliphatic heterocycles. The number of nitrogens with zero attached hydrogens (tertiary/aromatic N) is 2. The van der Waals surface area contributed by atoms with Gasteiger partial charge in [-0.3, -0.25) is 4.79 Å². The Balaban J connectivity index is 2.33. The number of rotatable bonds is 6. The molecule has 0 spiro atoms. The van der Waals surface area contributed by atoms with Gasteiger partial charge in [-0.15, -0.1) is 5.10 Å². The van der Waals surface area contributed by atoms with E-state index in [-0.39, 0.29) is 24.5 Å². The number of nitrogens with two attached hydrogens (primary N) is 1. The highest BCUT2D eigenvalue weighted by molar-refractivity contribution is 5.80. The first-order valence-electron chi connectivity index (χ1n) is 5.17. The number of hydrogen-bond donors (Lipinski definition) is 3. The standard InChI is InChI=1S/C9H17N5O2/c1-6(2)12-7(15)5-11-9-14-13-8(16-9)3-4-10/h6H,3-5,10H2,1-2H3,(H,11,14)(H,12,15). The maximum Gasteiger partial charge on any atom is 0.315 e. The van der Waals surface area contributed by atoms with E-state index < -0.39 is 0 Å².